The maximum atomic E-state index is 10.9. The Morgan fingerprint density at radius 2 is 2.46 bits per heavy atom. The van der Waals surface area contributed by atoms with Gasteiger partial charge in [-0.3, -0.25) is 4.79 Å². The SMILES string of the molecule is N=NC(O)C(=O)Nc1ccccn1. The van der Waals surface area contributed by atoms with Gasteiger partial charge in [-0.25, -0.2) is 10.5 Å². The molecule has 0 saturated heterocycles. The van der Waals surface area contributed by atoms with E-state index in [1.54, 1.807) is 18.2 Å². The van der Waals surface area contributed by atoms with E-state index in [-0.39, 0.29) is 0 Å². The first-order valence-corrected chi connectivity index (χ1v) is 3.50. The molecule has 0 saturated carbocycles. The molecule has 1 atom stereocenters. The molecule has 0 radical (unpaired) electrons. The molecule has 6 nitrogen and oxygen atoms in total. The second-order valence-corrected chi connectivity index (χ2v) is 2.21. The number of rotatable bonds is 3. The summed E-state index contributed by atoms with van der Waals surface area (Å²) in [5, 5.41) is 13.7. The van der Waals surface area contributed by atoms with Gasteiger partial charge in [-0.2, -0.15) is 5.11 Å². The lowest BCUT2D eigenvalue weighted by Gasteiger charge is -2.04. The number of nitrogens with one attached hydrogen (secondary N) is 2. The number of hydrogen-bond donors (Lipinski definition) is 3. The molecule has 68 valence electrons. The first kappa shape index (κ1) is 9.27. The molecule has 1 aromatic heterocycles. The summed E-state index contributed by atoms with van der Waals surface area (Å²) in [6.45, 7) is 0. The van der Waals surface area contributed by atoms with Crippen LogP contribution in [-0.4, -0.2) is 22.2 Å². The molecule has 13 heavy (non-hydrogen) atoms. The van der Waals surface area contributed by atoms with Crippen molar-refractivity contribution >= 4 is 11.7 Å². The van der Waals surface area contributed by atoms with Gasteiger partial charge in [0.25, 0.3) is 5.91 Å². The van der Waals surface area contributed by atoms with Crippen molar-refractivity contribution in [2.45, 2.75) is 6.23 Å². The molecule has 0 aliphatic carbocycles. The van der Waals surface area contributed by atoms with Gasteiger partial charge in [-0.1, -0.05) is 6.07 Å². The Balaban J connectivity index is 2.60. The van der Waals surface area contributed by atoms with Crippen LogP contribution in [0.5, 0.6) is 0 Å². The Morgan fingerprint density at radius 1 is 1.69 bits per heavy atom. The van der Waals surface area contributed by atoms with E-state index in [4.69, 9.17) is 10.6 Å². The second kappa shape index (κ2) is 4.27. The number of amides is 1. The molecule has 1 rings (SSSR count). The molecule has 0 bridgehead atoms. The number of aliphatic hydroxyl groups excluding tert-OH is 1. The van der Waals surface area contributed by atoms with Gasteiger partial charge in [0.15, 0.2) is 0 Å². The van der Waals surface area contributed by atoms with E-state index in [1.807, 2.05) is 0 Å². The standard InChI is InChI=1S/C7H8N4O2/c8-11-7(13)6(12)10-5-3-1-2-4-9-5/h1-4,7-8,13H,(H,9,10,12). The molecular weight excluding hydrogens is 172 g/mol. The zero-order valence-electron chi connectivity index (χ0n) is 6.64. The van der Waals surface area contributed by atoms with Gasteiger partial charge in [0, 0.05) is 6.20 Å². The lowest BCUT2D eigenvalue weighted by atomic mass is 10.4. The van der Waals surface area contributed by atoms with Gasteiger partial charge < -0.3 is 10.4 Å². The molecule has 6 heteroatoms. The molecular formula is C7H8N4O2. The van der Waals surface area contributed by atoms with Crippen LogP contribution < -0.4 is 5.32 Å². The van der Waals surface area contributed by atoms with Crippen LogP contribution in [0, 0.1) is 5.53 Å². The van der Waals surface area contributed by atoms with Crippen LogP contribution in [0.1, 0.15) is 0 Å². The maximum absolute atomic E-state index is 10.9. The lowest BCUT2D eigenvalue weighted by molar-refractivity contribution is -0.124. The number of nitrogens with zero attached hydrogens (tertiary/aromatic N) is 2. The third-order valence-corrected chi connectivity index (χ3v) is 1.27. The smallest absolute Gasteiger partial charge is 0.279 e. The average molecular weight is 180 g/mol. The Morgan fingerprint density at radius 3 is 3.00 bits per heavy atom. The van der Waals surface area contributed by atoms with E-state index in [1.165, 1.54) is 6.20 Å². The summed E-state index contributed by atoms with van der Waals surface area (Å²) in [7, 11) is 0. The Hall–Kier alpha value is -1.82. The summed E-state index contributed by atoms with van der Waals surface area (Å²) in [5.41, 5.74) is 6.40. The van der Waals surface area contributed by atoms with Crippen molar-refractivity contribution in [3.8, 4) is 0 Å². The normalized spacial score (nSPS) is 11.8. The molecule has 1 unspecified atom stereocenters. The Bertz CT molecular complexity index is 301. The van der Waals surface area contributed by atoms with Gasteiger partial charge in [-0.15, -0.1) is 0 Å². The largest absolute Gasteiger partial charge is 0.363 e. The topological polar surface area (TPSA) is 98.4 Å². The van der Waals surface area contributed by atoms with Crippen molar-refractivity contribution in [2.75, 3.05) is 5.32 Å². The fourth-order valence-corrected chi connectivity index (χ4v) is 0.686. The molecule has 0 fully saturated rings. The maximum Gasteiger partial charge on any atom is 0.279 e. The van der Waals surface area contributed by atoms with Crippen LogP contribution in [-0.2, 0) is 4.79 Å². The molecule has 0 aliphatic heterocycles. The highest BCUT2D eigenvalue weighted by Crippen LogP contribution is 2.00. The minimum atomic E-state index is -1.66. The predicted molar refractivity (Wildman–Crippen MR) is 44.0 cm³/mol. The van der Waals surface area contributed by atoms with Crippen LogP contribution in [0.2, 0.25) is 0 Å². The van der Waals surface area contributed by atoms with E-state index in [2.05, 4.69) is 15.4 Å². The van der Waals surface area contributed by atoms with Crippen molar-refractivity contribution in [2.24, 2.45) is 5.11 Å². The molecule has 0 aromatic carbocycles. The van der Waals surface area contributed by atoms with Crippen LogP contribution in [0.15, 0.2) is 29.5 Å². The van der Waals surface area contributed by atoms with Gasteiger partial charge >= 0.3 is 0 Å². The summed E-state index contributed by atoms with van der Waals surface area (Å²) in [4.78, 5) is 14.7. The van der Waals surface area contributed by atoms with Gasteiger partial charge in [0.05, 0.1) is 0 Å². The number of carbonyl (C=O) groups is 1. The molecule has 1 heterocycles. The second-order valence-electron chi connectivity index (χ2n) is 2.21. The van der Waals surface area contributed by atoms with Gasteiger partial charge in [-0.05, 0) is 12.1 Å². The van der Waals surface area contributed by atoms with Crippen LogP contribution in [0.3, 0.4) is 0 Å². The summed E-state index contributed by atoms with van der Waals surface area (Å²) in [6.07, 6.45) is -0.165. The summed E-state index contributed by atoms with van der Waals surface area (Å²) >= 11 is 0. The van der Waals surface area contributed by atoms with E-state index in [9.17, 15) is 4.79 Å². The van der Waals surface area contributed by atoms with Crippen LogP contribution >= 0.6 is 0 Å². The number of hydrogen-bond acceptors (Lipinski definition) is 5. The predicted octanol–water partition coefficient (Wildman–Crippen LogP) is 0.369. The number of pyridine rings is 1. The van der Waals surface area contributed by atoms with Crippen molar-refractivity contribution < 1.29 is 9.90 Å². The van der Waals surface area contributed by atoms with E-state index < -0.39 is 12.1 Å². The summed E-state index contributed by atoms with van der Waals surface area (Å²) < 4.78 is 0. The van der Waals surface area contributed by atoms with Crippen molar-refractivity contribution in [3.63, 3.8) is 0 Å². The van der Waals surface area contributed by atoms with Gasteiger partial charge in [0.1, 0.15) is 5.82 Å². The van der Waals surface area contributed by atoms with E-state index in [0.29, 0.717) is 5.82 Å². The summed E-state index contributed by atoms with van der Waals surface area (Å²) in [5.74, 6) is -0.455. The Kier molecular flexibility index (Phi) is 3.04. The zero-order valence-corrected chi connectivity index (χ0v) is 6.64. The fraction of sp³-hybridized carbons (Fsp3) is 0.143. The Labute approximate surface area is 74.1 Å². The summed E-state index contributed by atoms with van der Waals surface area (Å²) in [6, 6.07) is 4.95. The van der Waals surface area contributed by atoms with Crippen molar-refractivity contribution in [1.29, 1.82) is 5.53 Å². The number of aromatic nitrogens is 1. The minimum Gasteiger partial charge on any atom is -0.363 e. The molecule has 0 spiro atoms. The van der Waals surface area contributed by atoms with Crippen molar-refractivity contribution in [1.82, 2.24) is 4.98 Å². The fourth-order valence-electron chi connectivity index (χ4n) is 0.686. The number of aliphatic hydroxyl groups is 1. The first-order chi connectivity index (χ1) is 6.24. The van der Waals surface area contributed by atoms with Crippen molar-refractivity contribution in [3.05, 3.63) is 24.4 Å². The quantitative estimate of drug-likeness (QED) is 0.586. The molecule has 0 aliphatic rings. The van der Waals surface area contributed by atoms with E-state index in [0.717, 1.165) is 0 Å². The molecule has 1 amide bonds. The molecule has 3 N–H and O–H groups in total. The number of anilines is 1. The average Bonchev–Trinajstić information content (AvgIpc) is 2.18. The first-order valence-electron chi connectivity index (χ1n) is 3.50. The van der Waals surface area contributed by atoms with Crippen LogP contribution in [0.25, 0.3) is 0 Å². The lowest BCUT2D eigenvalue weighted by Crippen LogP contribution is -2.25. The highest BCUT2D eigenvalue weighted by molar-refractivity contribution is 5.92. The third kappa shape index (κ3) is 2.60. The van der Waals surface area contributed by atoms with E-state index >= 15 is 0 Å². The number of carbonyl (C=O) groups excluding carboxylic acids is 1. The van der Waals surface area contributed by atoms with Crippen LogP contribution in [0.4, 0.5) is 5.82 Å². The monoisotopic (exact) mass is 180 g/mol. The highest BCUT2D eigenvalue weighted by atomic mass is 16.3. The zero-order chi connectivity index (χ0) is 9.68. The minimum absolute atomic E-state index is 0.315. The molecule has 1 aromatic rings. The van der Waals surface area contributed by atoms with Gasteiger partial charge in [0.2, 0.25) is 6.23 Å². The highest BCUT2D eigenvalue weighted by Gasteiger charge is 2.12. The third-order valence-electron chi connectivity index (χ3n) is 1.27.